The van der Waals surface area contributed by atoms with Gasteiger partial charge >= 0.3 is 0 Å². The molecule has 0 aliphatic carbocycles. The Kier molecular flexibility index (Phi) is 5.27. The van der Waals surface area contributed by atoms with E-state index in [9.17, 15) is 4.79 Å². The van der Waals surface area contributed by atoms with Crippen molar-refractivity contribution < 1.29 is 18.7 Å². The summed E-state index contributed by atoms with van der Waals surface area (Å²) in [6.07, 6.45) is 6.83. The van der Waals surface area contributed by atoms with Gasteiger partial charge in [-0.15, -0.1) is 0 Å². The minimum atomic E-state index is -0.252. The van der Waals surface area contributed by atoms with Crippen LogP contribution < -0.4 is 10.1 Å². The maximum atomic E-state index is 12.5. The van der Waals surface area contributed by atoms with Crippen molar-refractivity contribution >= 4 is 28.2 Å². The maximum absolute atomic E-state index is 12.5. The van der Waals surface area contributed by atoms with Crippen LogP contribution in [0.4, 0.5) is 5.69 Å². The first-order valence-corrected chi connectivity index (χ1v) is 10.2. The summed E-state index contributed by atoms with van der Waals surface area (Å²) in [5, 5.41) is 3.71. The first-order chi connectivity index (χ1) is 15.7. The molecule has 1 aromatic carbocycles. The van der Waals surface area contributed by atoms with Gasteiger partial charge in [-0.3, -0.25) is 9.20 Å². The Morgan fingerprint density at radius 1 is 1.12 bits per heavy atom. The Morgan fingerprint density at radius 3 is 2.97 bits per heavy atom. The molecule has 8 heteroatoms. The van der Waals surface area contributed by atoms with Crippen molar-refractivity contribution in [2.24, 2.45) is 0 Å². The van der Waals surface area contributed by atoms with Crippen LogP contribution in [-0.4, -0.2) is 33.5 Å². The molecule has 0 unspecified atom stereocenters. The second-order valence-electron chi connectivity index (χ2n) is 7.01. The number of anilines is 1. The topological polar surface area (TPSA) is 90.9 Å². The highest BCUT2D eigenvalue weighted by Crippen LogP contribution is 2.35. The summed E-state index contributed by atoms with van der Waals surface area (Å²) < 4.78 is 18.7. The molecule has 5 rings (SSSR count). The molecule has 0 bridgehead atoms. The molecule has 8 nitrogen and oxygen atoms in total. The second kappa shape index (κ2) is 8.52. The van der Waals surface area contributed by atoms with E-state index in [2.05, 4.69) is 15.3 Å². The van der Waals surface area contributed by atoms with Crippen LogP contribution in [0.2, 0.25) is 0 Å². The fourth-order valence-corrected chi connectivity index (χ4v) is 3.52. The third-order valence-electron chi connectivity index (χ3n) is 4.96. The Bertz CT molecular complexity index is 1410. The minimum absolute atomic E-state index is 0.0355. The molecule has 0 saturated heterocycles. The number of hydrogen-bond acceptors (Lipinski definition) is 6. The van der Waals surface area contributed by atoms with Gasteiger partial charge in [-0.1, -0.05) is 6.07 Å². The van der Waals surface area contributed by atoms with Crippen LogP contribution in [0.5, 0.6) is 11.6 Å². The van der Waals surface area contributed by atoms with Crippen LogP contribution in [0.3, 0.4) is 0 Å². The third-order valence-corrected chi connectivity index (χ3v) is 4.96. The van der Waals surface area contributed by atoms with Gasteiger partial charge in [0.05, 0.1) is 23.0 Å². The predicted octanol–water partition coefficient (Wildman–Crippen LogP) is 4.91. The van der Waals surface area contributed by atoms with E-state index in [1.165, 1.54) is 0 Å². The van der Waals surface area contributed by atoms with Crippen LogP contribution >= 0.6 is 0 Å². The van der Waals surface area contributed by atoms with E-state index >= 15 is 0 Å². The van der Waals surface area contributed by atoms with E-state index in [1.54, 1.807) is 36.9 Å². The number of fused-ring (bicyclic) bond motifs is 2. The highest BCUT2D eigenvalue weighted by Gasteiger charge is 2.15. The molecule has 5 aromatic rings. The Hall–Kier alpha value is -4.17. The lowest BCUT2D eigenvalue weighted by molar-refractivity contribution is -0.120. The van der Waals surface area contributed by atoms with Gasteiger partial charge in [0.25, 0.3) is 0 Å². The zero-order chi connectivity index (χ0) is 21.9. The van der Waals surface area contributed by atoms with Gasteiger partial charge in [-0.05, 0) is 43.3 Å². The molecule has 4 heterocycles. The molecule has 0 radical (unpaired) electrons. The summed E-state index contributed by atoms with van der Waals surface area (Å²) in [5.74, 6) is 0.699. The van der Waals surface area contributed by atoms with Crippen molar-refractivity contribution in [3.8, 4) is 22.9 Å². The van der Waals surface area contributed by atoms with Crippen molar-refractivity contribution in [3.63, 3.8) is 0 Å². The molecule has 0 fully saturated rings. The molecule has 0 spiro atoms. The van der Waals surface area contributed by atoms with Crippen molar-refractivity contribution in [3.05, 3.63) is 73.4 Å². The number of benzene rings is 1. The molecule has 32 heavy (non-hydrogen) atoms. The van der Waals surface area contributed by atoms with E-state index in [4.69, 9.17) is 13.9 Å². The number of furan rings is 1. The van der Waals surface area contributed by atoms with Gasteiger partial charge in [0.15, 0.2) is 0 Å². The monoisotopic (exact) mass is 428 g/mol. The number of pyridine rings is 2. The number of nitrogens with zero attached hydrogens (tertiary/aromatic N) is 3. The van der Waals surface area contributed by atoms with Crippen molar-refractivity contribution in [1.29, 1.82) is 0 Å². The van der Waals surface area contributed by atoms with E-state index in [0.717, 1.165) is 22.3 Å². The predicted molar refractivity (Wildman–Crippen MR) is 120 cm³/mol. The lowest BCUT2D eigenvalue weighted by atomic mass is 10.1. The number of aromatic nitrogens is 3. The van der Waals surface area contributed by atoms with Crippen LogP contribution in [0.15, 0.2) is 77.8 Å². The van der Waals surface area contributed by atoms with Gasteiger partial charge in [-0.25, -0.2) is 9.97 Å². The van der Waals surface area contributed by atoms with E-state index in [0.29, 0.717) is 29.5 Å². The average Bonchev–Trinajstić information content (AvgIpc) is 3.48. The summed E-state index contributed by atoms with van der Waals surface area (Å²) in [7, 11) is 0. The fourth-order valence-electron chi connectivity index (χ4n) is 3.52. The van der Waals surface area contributed by atoms with Gasteiger partial charge in [0, 0.05) is 36.8 Å². The minimum Gasteiger partial charge on any atom is -0.464 e. The van der Waals surface area contributed by atoms with E-state index in [1.807, 2.05) is 47.9 Å². The third kappa shape index (κ3) is 3.79. The molecule has 0 aliphatic rings. The number of carbonyl (C=O) groups is 1. The molecule has 1 amide bonds. The number of nitrogens with one attached hydrogen (secondary N) is 1. The molecule has 4 aromatic heterocycles. The number of ether oxygens (including phenoxy) is 2. The Morgan fingerprint density at radius 2 is 2.06 bits per heavy atom. The van der Waals surface area contributed by atoms with E-state index < -0.39 is 0 Å². The molecule has 0 saturated carbocycles. The van der Waals surface area contributed by atoms with Gasteiger partial charge in [0.2, 0.25) is 11.8 Å². The number of hydrogen-bond donors (Lipinski definition) is 1. The first kappa shape index (κ1) is 19.8. The maximum Gasteiger partial charge on any atom is 0.250 e. The Balaban J connectivity index is 1.55. The van der Waals surface area contributed by atoms with Crippen molar-refractivity contribution in [2.45, 2.75) is 6.92 Å². The van der Waals surface area contributed by atoms with Crippen LogP contribution in [0.1, 0.15) is 6.92 Å². The largest absolute Gasteiger partial charge is 0.464 e. The zero-order valence-corrected chi connectivity index (χ0v) is 17.3. The SMILES string of the molecule is CCOCC(=O)Nc1cc(Oc2nccc3occc23)ccc1-c1cccc2nccn12. The zero-order valence-electron chi connectivity index (χ0n) is 17.3. The number of imidazole rings is 1. The smallest absolute Gasteiger partial charge is 0.250 e. The second-order valence-corrected chi connectivity index (χ2v) is 7.01. The van der Waals surface area contributed by atoms with Crippen molar-refractivity contribution in [1.82, 2.24) is 14.4 Å². The quantitative estimate of drug-likeness (QED) is 0.396. The summed E-state index contributed by atoms with van der Waals surface area (Å²) in [6, 6.07) is 14.9. The van der Waals surface area contributed by atoms with Crippen LogP contribution in [0.25, 0.3) is 27.9 Å². The van der Waals surface area contributed by atoms with Crippen molar-refractivity contribution in [2.75, 3.05) is 18.5 Å². The van der Waals surface area contributed by atoms with E-state index in [-0.39, 0.29) is 12.5 Å². The molecule has 0 aliphatic heterocycles. The van der Waals surface area contributed by atoms with Crippen LogP contribution in [-0.2, 0) is 9.53 Å². The highest BCUT2D eigenvalue weighted by atomic mass is 16.5. The molecule has 1 N–H and O–H groups in total. The average molecular weight is 428 g/mol. The molecule has 0 atom stereocenters. The summed E-state index contributed by atoms with van der Waals surface area (Å²) in [5.41, 5.74) is 3.79. The molecular weight excluding hydrogens is 408 g/mol. The summed E-state index contributed by atoms with van der Waals surface area (Å²) in [6.45, 7) is 2.26. The van der Waals surface area contributed by atoms with Gasteiger partial charge < -0.3 is 19.2 Å². The standard InChI is InChI=1S/C24H20N4O4/c1-2-30-15-23(29)27-19-14-16(32-24-18-9-13-31-21(18)8-10-26-24)6-7-17(19)20-4-3-5-22-25-11-12-28(20)22/h3-14H,2,15H2,1H3,(H,27,29). The summed E-state index contributed by atoms with van der Waals surface area (Å²) >= 11 is 0. The lowest BCUT2D eigenvalue weighted by Crippen LogP contribution is -2.18. The molecular formula is C24H20N4O4. The number of carbonyl (C=O) groups excluding carboxylic acids is 1. The normalized spacial score (nSPS) is 11.2. The number of amides is 1. The number of rotatable bonds is 7. The van der Waals surface area contributed by atoms with Gasteiger partial charge in [-0.2, -0.15) is 0 Å². The summed E-state index contributed by atoms with van der Waals surface area (Å²) in [4.78, 5) is 21.1. The lowest BCUT2D eigenvalue weighted by Gasteiger charge is -2.15. The fraction of sp³-hybridized carbons (Fsp3) is 0.125. The highest BCUT2D eigenvalue weighted by molar-refractivity contribution is 5.96. The Labute approximate surface area is 183 Å². The van der Waals surface area contributed by atoms with Crippen LogP contribution in [0, 0.1) is 0 Å². The first-order valence-electron chi connectivity index (χ1n) is 10.2. The van der Waals surface area contributed by atoms with Gasteiger partial charge in [0.1, 0.15) is 23.6 Å². The molecule has 160 valence electrons.